The molecule has 0 aliphatic heterocycles. The van der Waals surface area contributed by atoms with Crippen LogP contribution in [0.5, 0.6) is 0 Å². The van der Waals surface area contributed by atoms with Crippen molar-refractivity contribution in [2.45, 2.75) is 0 Å². The molecule has 0 N–H and O–H groups in total. The third-order valence-electron chi connectivity index (χ3n) is 3.10. The Morgan fingerprint density at radius 1 is 1.16 bits per heavy atom. The van der Waals surface area contributed by atoms with Crippen LogP contribution < -0.4 is 5.56 Å². The molecule has 19 heavy (non-hydrogen) atoms. The fourth-order valence-electron chi connectivity index (χ4n) is 2.23. The first-order valence-electron chi connectivity index (χ1n) is 5.73. The molecule has 0 spiro atoms. The van der Waals surface area contributed by atoms with E-state index in [2.05, 4.69) is 11.1 Å². The molecular formula is C14H7ClN2OSe. The Balaban J connectivity index is 2.33. The summed E-state index contributed by atoms with van der Waals surface area (Å²) in [7, 11) is 0. The van der Waals surface area contributed by atoms with Crippen molar-refractivity contribution in [2.24, 2.45) is 0 Å². The molecule has 0 fully saturated rings. The molecule has 4 rings (SSSR count). The predicted molar refractivity (Wildman–Crippen MR) is 78.4 cm³/mol. The quantitative estimate of drug-likeness (QED) is 0.464. The third-order valence-corrected chi connectivity index (χ3v) is 5.73. The first-order valence-corrected chi connectivity index (χ1v) is 7.82. The molecule has 3 nitrogen and oxygen atoms in total. The van der Waals surface area contributed by atoms with Crippen LogP contribution in [0.2, 0.25) is 5.02 Å². The van der Waals surface area contributed by atoms with Gasteiger partial charge in [0.25, 0.3) is 0 Å². The normalized spacial score (nSPS) is 11.6. The van der Waals surface area contributed by atoms with Crippen molar-refractivity contribution in [3.8, 4) is 0 Å². The summed E-state index contributed by atoms with van der Waals surface area (Å²) in [5.74, 6) is 0. The first kappa shape index (κ1) is 11.2. The topological polar surface area (TPSA) is 34.4 Å². The zero-order chi connectivity index (χ0) is 13.0. The molecule has 0 saturated heterocycles. The monoisotopic (exact) mass is 334 g/mol. The number of rotatable bonds is 0. The standard InChI is InChI=1S/C14H7ClN2OSe/c15-8-5-6-11-16-12-9-3-1-2-4-10(9)19-13(12)14(18)17(11)7-8/h1-7H. The number of hydrogen-bond donors (Lipinski definition) is 0. The van der Waals surface area contributed by atoms with E-state index in [0.29, 0.717) is 10.7 Å². The van der Waals surface area contributed by atoms with Gasteiger partial charge in [-0.15, -0.1) is 0 Å². The van der Waals surface area contributed by atoms with Crippen molar-refractivity contribution < 1.29 is 0 Å². The molecule has 0 radical (unpaired) electrons. The molecule has 0 unspecified atom stereocenters. The molecule has 5 heteroatoms. The number of benzene rings is 1. The van der Waals surface area contributed by atoms with Gasteiger partial charge < -0.3 is 0 Å². The Bertz CT molecular complexity index is 1000. The van der Waals surface area contributed by atoms with Gasteiger partial charge in [0.05, 0.1) is 0 Å². The second kappa shape index (κ2) is 3.94. The van der Waals surface area contributed by atoms with Crippen molar-refractivity contribution in [1.29, 1.82) is 0 Å². The zero-order valence-corrected chi connectivity index (χ0v) is 12.1. The summed E-state index contributed by atoms with van der Waals surface area (Å²) in [5.41, 5.74) is 1.47. The second-order valence-electron chi connectivity index (χ2n) is 4.27. The van der Waals surface area contributed by atoms with Crippen molar-refractivity contribution >= 4 is 51.2 Å². The number of aromatic nitrogens is 2. The Morgan fingerprint density at radius 2 is 2.00 bits per heavy atom. The van der Waals surface area contributed by atoms with Crippen molar-refractivity contribution in [3.63, 3.8) is 0 Å². The summed E-state index contributed by atoms with van der Waals surface area (Å²) in [5, 5.41) is 1.63. The minimum atomic E-state index is -0.00120. The van der Waals surface area contributed by atoms with Gasteiger partial charge in [0.15, 0.2) is 0 Å². The van der Waals surface area contributed by atoms with Crippen LogP contribution in [0.3, 0.4) is 0 Å². The zero-order valence-electron chi connectivity index (χ0n) is 9.63. The second-order valence-corrected chi connectivity index (χ2v) is 6.91. The number of halogens is 1. The van der Waals surface area contributed by atoms with Crippen molar-refractivity contribution in [2.75, 3.05) is 0 Å². The summed E-state index contributed by atoms with van der Waals surface area (Å²) in [6.45, 7) is 0. The molecule has 0 bridgehead atoms. The molecule has 3 heterocycles. The van der Waals surface area contributed by atoms with Crippen LogP contribution in [0.4, 0.5) is 0 Å². The molecule has 0 amide bonds. The molecule has 0 saturated carbocycles. The van der Waals surface area contributed by atoms with Gasteiger partial charge in [-0.05, 0) is 0 Å². The van der Waals surface area contributed by atoms with E-state index in [0.717, 1.165) is 15.2 Å². The predicted octanol–water partition coefficient (Wildman–Crippen LogP) is 2.71. The summed E-state index contributed by atoms with van der Waals surface area (Å²) < 4.78 is 3.57. The molecular weight excluding hydrogens is 327 g/mol. The van der Waals surface area contributed by atoms with Gasteiger partial charge in [0, 0.05) is 0 Å². The number of pyridine rings is 1. The van der Waals surface area contributed by atoms with E-state index in [1.54, 1.807) is 18.3 Å². The van der Waals surface area contributed by atoms with Crippen molar-refractivity contribution in [1.82, 2.24) is 9.38 Å². The van der Waals surface area contributed by atoms with Gasteiger partial charge in [0.1, 0.15) is 0 Å². The average Bonchev–Trinajstić information content (AvgIpc) is 2.79. The molecule has 4 aromatic rings. The van der Waals surface area contributed by atoms with E-state index >= 15 is 0 Å². The minimum absolute atomic E-state index is 0.00120. The van der Waals surface area contributed by atoms with Crippen LogP contribution in [-0.2, 0) is 0 Å². The van der Waals surface area contributed by atoms with Crippen LogP contribution in [0, 0.1) is 0 Å². The molecule has 3 aromatic heterocycles. The Labute approximate surface area is 118 Å². The number of hydrogen-bond acceptors (Lipinski definition) is 2. The first-order chi connectivity index (χ1) is 9.24. The molecule has 0 aliphatic carbocycles. The Hall–Kier alpha value is -1.61. The third kappa shape index (κ3) is 1.58. The van der Waals surface area contributed by atoms with E-state index in [1.807, 2.05) is 18.2 Å². The average molecular weight is 334 g/mol. The molecule has 0 aliphatic rings. The fraction of sp³-hybridized carbons (Fsp3) is 0. The van der Waals surface area contributed by atoms with Crippen LogP contribution in [0.15, 0.2) is 47.4 Å². The van der Waals surface area contributed by atoms with E-state index in [-0.39, 0.29) is 20.1 Å². The van der Waals surface area contributed by atoms with E-state index < -0.39 is 0 Å². The summed E-state index contributed by atoms with van der Waals surface area (Å²) in [4.78, 5) is 17.1. The van der Waals surface area contributed by atoms with E-state index in [4.69, 9.17) is 11.6 Å². The SMILES string of the molecule is O=c1c2[se]c3ccccc3c2nc2ccc(Cl)cn12. The maximum absolute atomic E-state index is 12.5. The summed E-state index contributed by atoms with van der Waals surface area (Å²) >= 11 is 5.98. The van der Waals surface area contributed by atoms with Gasteiger partial charge >= 0.3 is 119 Å². The molecule has 0 atom stereocenters. The van der Waals surface area contributed by atoms with Gasteiger partial charge in [-0.3, -0.25) is 0 Å². The number of nitrogens with zero attached hydrogens (tertiary/aromatic N) is 2. The maximum atomic E-state index is 12.5. The Morgan fingerprint density at radius 3 is 2.89 bits per heavy atom. The van der Waals surface area contributed by atoms with Gasteiger partial charge in [-0.25, -0.2) is 0 Å². The van der Waals surface area contributed by atoms with Gasteiger partial charge in [-0.2, -0.15) is 0 Å². The fourth-order valence-corrected chi connectivity index (χ4v) is 4.66. The van der Waals surface area contributed by atoms with E-state index in [1.165, 1.54) is 8.66 Å². The van der Waals surface area contributed by atoms with Crippen molar-refractivity contribution in [3.05, 3.63) is 58.0 Å². The van der Waals surface area contributed by atoms with Gasteiger partial charge in [0.2, 0.25) is 0 Å². The van der Waals surface area contributed by atoms with Gasteiger partial charge in [-0.1, -0.05) is 0 Å². The number of fused-ring (bicyclic) bond motifs is 4. The van der Waals surface area contributed by atoms with Crippen LogP contribution >= 0.6 is 11.6 Å². The summed E-state index contributed by atoms with van der Waals surface area (Å²) in [6, 6.07) is 11.6. The van der Waals surface area contributed by atoms with E-state index in [9.17, 15) is 4.79 Å². The van der Waals surface area contributed by atoms with Crippen LogP contribution in [0.1, 0.15) is 0 Å². The van der Waals surface area contributed by atoms with Crippen LogP contribution in [0.25, 0.3) is 25.1 Å². The molecule has 1 aromatic carbocycles. The molecule has 92 valence electrons. The summed E-state index contributed by atoms with van der Waals surface area (Å²) in [6.07, 6.45) is 1.63. The Kier molecular flexibility index (Phi) is 2.33. The van der Waals surface area contributed by atoms with Crippen LogP contribution in [-0.4, -0.2) is 23.9 Å².